The van der Waals surface area contributed by atoms with E-state index in [1.165, 1.54) is 13.0 Å². The maximum atomic E-state index is 5.37. The highest BCUT2D eigenvalue weighted by Gasteiger charge is 2.19. The number of hydrogen-bond acceptors (Lipinski definition) is 7. The summed E-state index contributed by atoms with van der Waals surface area (Å²) in [6, 6.07) is 0.739. The molecule has 1 aliphatic heterocycles. The molecule has 1 aliphatic rings. The predicted molar refractivity (Wildman–Crippen MR) is 79.3 cm³/mol. The molecule has 1 atom stereocenters. The van der Waals surface area contributed by atoms with Crippen LogP contribution >= 0.6 is 0 Å². The van der Waals surface area contributed by atoms with Gasteiger partial charge in [-0.3, -0.25) is 0 Å². The monoisotopic (exact) mass is 280 g/mol. The molecule has 1 fully saturated rings. The van der Waals surface area contributed by atoms with Crippen LogP contribution in [0.15, 0.2) is 0 Å². The first kappa shape index (κ1) is 14.8. The van der Waals surface area contributed by atoms with E-state index in [2.05, 4.69) is 37.4 Å². The van der Waals surface area contributed by atoms with Gasteiger partial charge in [0, 0.05) is 19.6 Å². The van der Waals surface area contributed by atoms with Crippen molar-refractivity contribution in [2.75, 3.05) is 43.9 Å². The summed E-state index contributed by atoms with van der Waals surface area (Å²) in [5.74, 6) is 1.10. The highest BCUT2D eigenvalue weighted by Crippen LogP contribution is 2.16. The Balaban J connectivity index is 2.05. The zero-order chi connectivity index (χ0) is 14.4. The molecule has 2 rings (SSSR count). The molecule has 0 aliphatic carbocycles. The molecule has 20 heavy (non-hydrogen) atoms. The van der Waals surface area contributed by atoms with E-state index in [1.807, 2.05) is 6.92 Å². The first-order valence-electron chi connectivity index (χ1n) is 7.30. The number of likely N-dealkylation sites (tertiary alicyclic amines) is 1. The molecule has 1 aromatic heterocycles. The number of nitrogens with zero attached hydrogens (tertiary/aromatic N) is 4. The van der Waals surface area contributed by atoms with Gasteiger partial charge in [0.25, 0.3) is 0 Å². The molecular weight excluding hydrogens is 256 g/mol. The first-order valence-corrected chi connectivity index (χ1v) is 7.30. The summed E-state index contributed by atoms with van der Waals surface area (Å²) in [6.07, 6.45) is 2.34. The molecule has 112 valence electrons. The van der Waals surface area contributed by atoms with E-state index in [0.717, 1.165) is 19.5 Å². The third kappa shape index (κ3) is 3.93. The SMILES string of the molecule is CCOc1nc(NC)nc(NC2CCCN(CC)C2)n1. The van der Waals surface area contributed by atoms with Crippen molar-refractivity contribution in [1.82, 2.24) is 19.9 Å². The third-order valence-corrected chi connectivity index (χ3v) is 3.40. The quantitative estimate of drug-likeness (QED) is 0.811. The van der Waals surface area contributed by atoms with Gasteiger partial charge in [-0.25, -0.2) is 0 Å². The van der Waals surface area contributed by atoms with Crippen molar-refractivity contribution < 1.29 is 4.74 Å². The molecule has 7 heteroatoms. The second-order valence-electron chi connectivity index (χ2n) is 4.82. The third-order valence-electron chi connectivity index (χ3n) is 3.40. The summed E-state index contributed by atoms with van der Waals surface area (Å²) < 4.78 is 5.37. The fourth-order valence-corrected chi connectivity index (χ4v) is 2.37. The van der Waals surface area contributed by atoms with E-state index in [9.17, 15) is 0 Å². The molecule has 1 saturated heterocycles. The topological polar surface area (TPSA) is 75.2 Å². The van der Waals surface area contributed by atoms with Crippen LogP contribution in [0.1, 0.15) is 26.7 Å². The minimum atomic E-state index is 0.359. The molecule has 0 radical (unpaired) electrons. The van der Waals surface area contributed by atoms with Gasteiger partial charge < -0.3 is 20.3 Å². The molecular formula is C13H24N6O. The van der Waals surface area contributed by atoms with Gasteiger partial charge in [-0.15, -0.1) is 0 Å². The number of likely N-dealkylation sites (N-methyl/N-ethyl adjacent to an activating group) is 1. The van der Waals surface area contributed by atoms with Crippen molar-refractivity contribution in [2.45, 2.75) is 32.7 Å². The second-order valence-corrected chi connectivity index (χ2v) is 4.82. The van der Waals surface area contributed by atoms with Crippen molar-refractivity contribution in [3.8, 4) is 6.01 Å². The predicted octanol–water partition coefficient (Wildman–Crippen LogP) is 1.21. The lowest BCUT2D eigenvalue weighted by atomic mass is 10.1. The Bertz CT molecular complexity index is 427. The van der Waals surface area contributed by atoms with Gasteiger partial charge in [0.1, 0.15) is 0 Å². The Morgan fingerprint density at radius 1 is 1.25 bits per heavy atom. The van der Waals surface area contributed by atoms with E-state index in [1.54, 1.807) is 7.05 Å². The average molecular weight is 280 g/mol. The van der Waals surface area contributed by atoms with Crippen LogP contribution < -0.4 is 15.4 Å². The van der Waals surface area contributed by atoms with Crippen molar-refractivity contribution in [3.05, 3.63) is 0 Å². The van der Waals surface area contributed by atoms with Crippen molar-refractivity contribution in [1.29, 1.82) is 0 Å². The van der Waals surface area contributed by atoms with E-state index >= 15 is 0 Å². The standard InChI is InChI=1S/C13H24N6O/c1-4-19-8-6-7-10(9-19)15-12-16-11(14-3)17-13(18-12)20-5-2/h10H,4-9H2,1-3H3,(H2,14,15,16,17,18). The Morgan fingerprint density at radius 2 is 2.05 bits per heavy atom. The summed E-state index contributed by atoms with van der Waals surface area (Å²) in [4.78, 5) is 15.2. The summed E-state index contributed by atoms with van der Waals surface area (Å²) >= 11 is 0. The number of aromatic nitrogens is 3. The summed E-state index contributed by atoms with van der Waals surface area (Å²) in [6.45, 7) is 7.94. The lowest BCUT2D eigenvalue weighted by molar-refractivity contribution is 0.226. The molecule has 1 unspecified atom stereocenters. The Labute approximate surface area is 120 Å². The molecule has 2 N–H and O–H groups in total. The van der Waals surface area contributed by atoms with Crippen molar-refractivity contribution in [2.24, 2.45) is 0 Å². The lowest BCUT2D eigenvalue weighted by Gasteiger charge is -2.32. The van der Waals surface area contributed by atoms with Crippen LogP contribution in [0.3, 0.4) is 0 Å². The zero-order valence-electron chi connectivity index (χ0n) is 12.5. The van der Waals surface area contributed by atoms with E-state index in [0.29, 0.717) is 30.6 Å². The van der Waals surface area contributed by atoms with Crippen LogP contribution in [0.5, 0.6) is 6.01 Å². The number of anilines is 2. The zero-order valence-corrected chi connectivity index (χ0v) is 12.5. The molecule has 0 spiro atoms. The fourth-order valence-electron chi connectivity index (χ4n) is 2.37. The number of ether oxygens (including phenoxy) is 1. The normalized spacial score (nSPS) is 19.6. The molecule has 7 nitrogen and oxygen atoms in total. The number of piperidine rings is 1. The molecule has 2 heterocycles. The average Bonchev–Trinajstić information content (AvgIpc) is 2.47. The Morgan fingerprint density at radius 3 is 2.75 bits per heavy atom. The largest absolute Gasteiger partial charge is 0.464 e. The van der Waals surface area contributed by atoms with Crippen LogP contribution in [0.2, 0.25) is 0 Å². The molecule has 0 aromatic carbocycles. The number of rotatable bonds is 6. The first-order chi connectivity index (χ1) is 9.75. The van der Waals surface area contributed by atoms with Crippen LogP contribution in [0.25, 0.3) is 0 Å². The number of hydrogen-bond donors (Lipinski definition) is 2. The lowest BCUT2D eigenvalue weighted by Crippen LogP contribution is -2.42. The van der Waals surface area contributed by atoms with E-state index in [-0.39, 0.29) is 0 Å². The van der Waals surface area contributed by atoms with Crippen LogP contribution in [0, 0.1) is 0 Å². The minimum Gasteiger partial charge on any atom is -0.464 e. The number of nitrogens with one attached hydrogen (secondary N) is 2. The Hall–Kier alpha value is -1.63. The Kier molecular flexibility index (Phi) is 5.34. The molecule has 0 amide bonds. The summed E-state index contributed by atoms with van der Waals surface area (Å²) in [5, 5.41) is 6.33. The van der Waals surface area contributed by atoms with Crippen LogP contribution in [0.4, 0.5) is 11.9 Å². The maximum absolute atomic E-state index is 5.37. The van der Waals surface area contributed by atoms with Crippen LogP contribution in [-0.4, -0.2) is 59.2 Å². The maximum Gasteiger partial charge on any atom is 0.323 e. The van der Waals surface area contributed by atoms with E-state index < -0.39 is 0 Å². The minimum absolute atomic E-state index is 0.359. The highest BCUT2D eigenvalue weighted by atomic mass is 16.5. The summed E-state index contributed by atoms with van der Waals surface area (Å²) in [5.41, 5.74) is 0. The van der Waals surface area contributed by atoms with Gasteiger partial charge in [0.2, 0.25) is 11.9 Å². The molecule has 0 bridgehead atoms. The van der Waals surface area contributed by atoms with E-state index in [4.69, 9.17) is 4.74 Å². The fraction of sp³-hybridized carbons (Fsp3) is 0.769. The summed E-state index contributed by atoms with van der Waals surface area (Å²) in [7, 11) is 1.79. The van der Waals surface area contributed by atoms with Gasteiger partial charge >= 0.3 is 6.01 Å². The highest BCUT2D eigenvalue weighted by molar-refractivity contribution is 5.36. The van der Waals surface area contributed by atoms with Crippen LogP contribution in [-0.2, 0) is 0 Å². The second kappa shape index (κ2) is 7.23. The van der Waals surface area contributed by atoms with Crippen molar-refractivity contribution in [3.63, 3.8) is 0 Å². The van der Waals surface area contributed by atoms with Gasteiger partial charge in [-0.2, -0.15) is 15.0 Å². The van der Waals surface area contributed by atoms with Crippen molar-refractivity contribution >= 4 is 11.9 Å². The van der Waals surface area contributed by atoms with Gasteiger partial charge in [-0.1, -0.05) is 6.92 Å². The smallest absolute Gasteiger partial charge is 0.323 e. The molecule has 1 aromatic rings. The van der Waals surface area contributed by atoms with Gasteiger partial charge in [-0.05, 0) is 32.9 Å². The molecule has 0 saturated carbocycles. The van der Waals surface area contributed by atoms with Gasteiger partial charge in [0.05, 0.1) is 6.61 Å². The van der Waals surface area contributed by atoms with Gasteiger partial charge in [0.15, 0.2) is 0 Å².